The molecule has 1 saturated carbocycles. The Morgan fingerprint density at radius 3 is 1.56 bits per heavy atom. The molecular formula is C45H79O15P. The van der Waals surface area contributed by atoms with Crippen LogP contribution in [0.4, 0.5) is 0 Å². The number of rotatable bonds is 36. The van der Waals surface area contributed by atoms with E-state index in [0.717, 1.165) is 44.9 Å². The third-order valence-electron chi connectivity index (χ3n) is 10.4. The van der Waals surface area contributed by atoms with Gasteiger partial charge in [0.1, 0.15) is 43.2 Å². The van der Waals surface area contributed by atoms with Gasteiger partial charge in [-0.15, -0.1) is 0 Å². The van der Waals surface area contributed by atoms with Crippen molar-refractivity contribution in [3.8, 4) is 0 Å². The fraction of sp³-hybridized carbons (Fsp3) is 0.778. The van der Waals surface area contributed by atoms with Gasteiger partial charge >= 0.3 is 19.8 Å². The highest BCUT2D eigenvalue weighted by atomic mass is 31.2. The van der Waals surface area contributed by atoms with E-state index in [1.165, 1.54) is 51.4 Å². The van der Waals surface area contributed by atoms with Crippen molar-refractivity contribution in [2.45, 2.75) is 210 Å². The number of aliphatic hydroxyl groups is 7. The number of carbonyl (C=O) groups is 2. The molecule has 15 nitrogen and oxygen atoms in total. The van der Waals surface area contributed by atoms with Crippen LogP contribution in [0.25, 0.3) is 0 Å². The highest BCUT2D eigenvalue weighted by Gasteiger charge is 2.51. The molecule has 0 aromatic heterocycles. The van der Waals surface area contributed by atoms with Crippen LogP contribution in [0.2, 0.25) is 0 Å². The van der Waals surface area contributed by atoms with Crippen molar-refractivity contribution in [1.82, 2.24) is 0 Å². The number of hydrogen-bond donors (Lipinski definition) is 8. The van der Waals surface area contributed by atoms with Gasteiger partial charge in [0, 0.05) is 12.8 Å². The van der Waals surface area contributed by atoms with Crippen LogP contribution in [0.5, 0.6) is 0 Å². The smallest absolute Gasteiger partial charge is 0.462 e. The first-order valence-corrected chi connectivity index (χ1v) is 24.1. The Hall–Kier alpha value is -2.27. The number of ether oxygens (including phenoxy) is 2. The van der Waals surface area contributed by atoms with Gasteiger partial charge in [-0.25, -0.2) is 4.57 Å². The molecule has 10 atom stereocenters. The molecule has 0 bridgehead atoms. The Morgan fingerprint density at radius 1 is 0.574 bits per heavy atom. The quantitative estimate of drug-likeness (QED) is 0.0148. The lowest BCUT2D eigenvalue weighted by Gasteiger charge is -2.41. The molecule has 61 heavy (non-hydrogen) atoms. The average Bonchev–Trinajstić information content (AvgIpc) is 3.23. The molecule has 8 N–H and O–H groups in total. The van der Waals surface area contributed by atoms with Crippen molar-refractivity contribution in [2.24, 2.45) is 0 Å². The second-order valence-corrected chi connectivity index (χ2v) is 17.2. The van der Waals surface area contributed by atoms with Gasteiger partial charge in [-0.1, -0.05) is 140 Å². The standard InChI is InChI=1S/C45H79O15P/c1-3-5-7-9-11-13-15-17-19-21-23-25-27-31-38(48)57-33-35(34-58-61(55,56)60-45-43(53)41(51)40(50)42(52)44(45)54)59-39(49)32-28-30-37(47)36(46)29-26-24-22-20-18-16-14-12-10-8-6-4-2/h6,8,12,14,18,20,24,26,35-37,40-47,50-54H,3-5,7,9-11,13,15-17,19,21-23,25,27-34H2,1-2H3,(H,55,56)/b8-6-,14-12-,20-18-,26-24-/t35-,36-,37-,40?,41-,42+,43-,44-,45?/m1/s1. The van der Waals surface area contributed by atoms with Gasteiger partial charge in [-0.3, -0.25) is 18.6 Å². The monoisotopic (exact) mass is 891 g/mol. The third kappa shape index (κ3) is 27.5. The molecule has 0 aromatic carbocycles. The van der Waals surface area contributed by atoms with E-state index < -0.39 is 87.9 Å². The molecule has 0 spiro atoms. The highest BCUT2D eigenvalue weighted by molar-refractivity contribution is 7.47. The summed E-state index contributed by atoms with van der Waals surface area (Å²) < 4.78 is 33.3. The maximum atomic E-state index is 12.8. The average molecular weight is 891 g/mol. The third-order valence-corrected chi connectivity index (χ3v) is 11.4. The molecule has 16 heteroatoms. The van der Waals surface area contributed by atoms with Gasteiger partial charge in [0.2, 0.25) is 0 Å². The van der Waals surface area contributed by atoms with E-state index in [-0.39, 0.29) is 32.1 Å². The summed E-state index contributed by atoms with van der Waals surface area (Å²) >= 11 is 0. The largest absolute Gasteiger partial charge is 0.472 e. The van der Waals surface area contributed by atoms with E-state index in [2.05, 4.69) is 38.2 Å². The molecule has 0 aliphatic heterocycles. The predicted molar refractivity (Wildman–Crippen MR) is 233 cm³/mol. The van der Waals surface area contributed by atoms with Gasteiger partial charge in [0.15, 0.2) is 6.10 Å². The number of carbonyl (C=O) groups excluding carboxylic acids is 2. The minimum Gasteiger partial charge on any atom is -0.462 e. The lowest BCUT2D eigenvalue weighted by molar-refractivity contribution is -0.220. The van der Waals surface area contributed by atoms with Crippen LogP contribution in [0, 0.1) is 0 Å². The molecular weight excluding hydrogens is 811 g/mol. The first kappa shape index (κ1) is 56.7. The second kappa shape index (κ2) is 35.1. The van der Waals surface area contributed by atoms with E-state index >= 15 is 0 Å². The lowest BCUT2D eigenvalue weighted by Crippen LogP contribution is -2.64. The maximum absolute atomic E-state index is 12.8. The second-order valence-electron chi connectivity index (χ2n) is 15.8. The Bertz CT molecular complexity index is 1290. The first-order valence-electron chi connectivity index (χ1n) is 22.6. The summed E-state index contributed by atoms with van der Waals surface area (Å²) in [5.41, 5.74) is 0. The van der Waals surface area contributed by atoms with Crippen molar-refractivity contribution in [1.29, 1.82) is 0 Å². The summed E-state index contributed by atoms with van der Waals surface area (Å²) in [5.74, 6) is -1.39. The van der Waals surface area contributed by atoms with Crippen molar-refractivity contribution in [2.75, 3.05) is 13.2 Å². The van der Waals surface area contributed by atoms with Gasteiger partial charge in [-0.05, 0) is 51.4 Å². The Morgan fingerprint density at radius 2 is 1.03 bits per heavy atom. The molecule has 0 saturated heterocycles. The number of allylic oxidation sites excluding steroid dienone is 7. The van der Waals surface area contributed by atoms with Crippen molar-refractivity contribution in [3.63, 3.8) is 0 Å². The van der Waals surface area contributed by atoms with Crippen LogP contribution in [0.1, 0.15) is 155 Å². The number of esters is 2. The SMILES string of the molecule is CC/C=C\C/C=C\C/C=C\C/C=C\C[C@@H](O)[C@H](O)CCCC(=O)O[C@H](COC(=O)CCCCCCCCCCCCCCC)COP(=O)(O)OC1[C@H](O)[C@H](O)C(O)[C@H](O)[C@H]1O. The maximum Gasteiger partial charge on any atom is 0.472 e. The minimum atomic E-state index is -5.20. The van der Waals surface area contributed by atoms with Crippen molar-refractivity contribution in [3.05, 3.63) is 48.6 Å². The van der Waals surface area contributed by atoms with Crippen molar-refractivity contribution >= 4 is 19.8 Å². The molecule has 0 amide bonds. The zero-order chi connectivity index (χ0) is 45.3. The number of hydrogen-bond acceptors (Lipinski definition) is 14. The van der Waals surface area contributed by atoms with Gasteiger partial charge < -0.3 is 50.1 Å². The number of unbranched alkanes of at least 4 members (excludes halogenated alkanes) is 12. The molecule has 1 rings (SSSR count). The predicted octanol–water partition coefficient (Wildman–Crippen LogP) is 6.33. The number of aliphatic hydroxyl groups excluding tert-OH is 7. The van der Waals surface area contributed by atoms with Gasteiger partial charge in [0.05, 0.1) is 18.8 Å². The number of phosphoric ester groups is 1. The van der Waals surface area contributed by atoms with Gasteiger partial charge in [-0.2, -0.15) is 0 Å². The van der Waals surface area contributed by atoms with E-state index in [1.54, 1.807) is 6.08 Å². The Balaban J connectivity index is 2.60. The van der Waals surface area contributed by atoms with Crippen LogP contribution in [0.3, 0.4) is 0 Å². The highest BCUT2D eigenvalue weighted by Crippen LogP contribution is 2.47. The molecule has 3 unspecified atom stereocenters. The molecule has 1 aliphatic rings. The van der Waals surface area contributed by atoms with Crippen molar-refractivity contribution < 1.29 is 73.3 Å². The zero-order valence-electron chi connectivity index (χ0n) is 36.7. The zero-order valence-corrected chi connectivity index (χ0v) is 37.6. The minimum absolute atomic E-state index is 0.0667. The number of phosphoric acid groups is 1. The fourth-order valence-corrected chi connectivity index (χ4v) is 7.58. The first-order chi connectivity index (χ1) is 29.2. The van der Waals surface area contributed by atoms with E-state index in [4.69, 9.17) is 18.5 Å². The summed E-state index contributed by atoms with van der Waals surface area (Å²) in [7, 11) is -5.20. The molecule has 0 heterocycles. The van der Waals surface area contributed by atoms with Gasteiger partial charge in [0.25, 0.3) is 0 Å². The normalized spacial score (nSPS) is 23.5. The molecule has 1 fully saturated rings. The van der Waals surface area contributed by atoms with Crippen LogP contribution in [-0.4, -0.2) is 121 Å². The topological polar surface area (TPSA) is 250 Å². The molecule has 0 radical (unpaired) electrons. The molecule has 1 aliphatic carbocycles. The Kier molecular flexibility index (Phi) is 32.7. The summed E-state index contributed by atoms with van der Waals surface area (Å²) in [6.45, 7) is 2.92. The van der Waals surface area contributed by atoms with E-state index in [1.807, 2.05) is 18.2 Å². The van der Waals surface area contributed by atoms with Crippen LogP contribution in [-0.2, 0) is 32.7 Å². The fourth-order valence-electron chi connectivity index (χ4n) is 6.61. The van der Waals surface area contributed by atoms with E-state index in [0.29, 0.717) is 12.8 Å². The van der Waals surface area contributed by atoms with Crippen LogP contribution >= 0.6 is 7.82 Å². The molecule has 0 aromatic rings. The summed E-state index contributed by atoms with van der Waals surface area (Å²) in [4.78, 5) is 35.7. The molecule has 354 valence electrons. The Labute approximate surface area is 364 Å². The van der Waals surface area contributed by atoms with Crippen LogP contribution < -0.4 is 0 Å². The van der Waals surface area contributed by atoms with Crippen LogP contribution in [0.15, 0.2) is 48.6 Å². The summed E-state index contributed by atoms with van der Waals surface area (Å²) in [6.07, 6.45) is 18.9. The summed E-state index contributed by atoms with van der Waals surface area (Å²) in [6, 6.07) is 0. The summed E-state index contributed by atoms with van der Waals surface area (Å²) in [5, 5.41) is 70.9. The lowest BCUT2D eigenvalue weighted by atomic mass is 9.85. The van der Waals surface area contributed by atoms with E-state index in [9.17, 15) is 54.8 Å².